The third-order valence-corrected chi connectivity index (χ3v) is 3.36. The van der Waals surface area contributed by atoms with Gasteiger partial charge in [0.1, 0.15) is 0 Å². The maximum Gasteiger partial charge on any atom is 0.0266 e. The molecule has 0 amide bonds. The van der Waals surface area contributed by atoms with Crippen LogP contribution in [0.1, 0.15) is 47.0 Å². The number of nitrogens with two attached hydrogens (primary N) is 1. The van der Waals surface area contributed by atoms with Crippen LogP contribution in [0.2, 0.25) is 0 Å². The molecule has 0 aromatic rings. The number of nitrogens with zero attached hydrogens (tertiary/aromatic N) is 1. The first-order valence-corrected chi connectivity index (χ1v) is 6.43. The van der Waals surface area contributed by atoms with E-state index in [1.165, 1.54) is 32.4 Å². The van der Waals surface area contributed by atoms with E-state index in [1.807, 2.05) is 0 Å². The van der Waals surface area contributed by atoms with Gasteiger partial charge in [-0.3, -0.25) is 4.90 Å². The minimum atomic E-state index is 0.304. The van der Waals surface area contributed by atoms with Gasteiger partial charge in [-0.15, -0.1) is 0 Å². The minimum absolute atomic E-state index is 0.304. The molecule has 2 heteroatoms. The van der Waals surface area contributed by atoms with Crippen LogP contribution < -0.4 is 5.73 Å². The van der Waals surface area contributed by atoms with Gasteiger partial charge in [0.05, 0.1) is 0 Å². The Balaban J connectivity index is 2.56. The highest BCUT2D eigenvalue weighted by Gasteiger charge is 2.32. The van der Waals surface area contributed by atoms with Crippen molar-refractivity contribution in [1.82, 2.24) is 4.90 Å². The van der Waals surface area contributed by atoms with E-state index in [0.717, 1.165) is 12.5 Å². The molecule has 0 saturated heterocycles. The van der Waals surface area contributed by atoms with Crippen molar-refractivity contribution in [2.45, 2.75) is 53.0 Å². The number of hydrogen-bond donors (Lipinski definition) is 1. The fourth-order valence-electron chi connectivity index (χ4n) is 2.34. The lowest BCUT2D eigenvalue weighted by Gasteiger charge is -2.39. The molecular formula is C13H28N2. The summed E-state index contributed by atoms with van der Waals surface area (Å²) in [6.07, 6.45) is 4.10. The van der Waals surface area contributed by atoms with Crippen LogP contribution in [0.25, 0.3) is 0 Å². The van der Waals surface area contributed by atoms with E-state index in [0.29, 0.717) is 11.5 Å². The van der Waals surface area contributed by atoms with Crippen LogP contribution in [0.15, 0.2) is 0 Å². The molecule has 0 aliphatic heterocycles. The average Bonchev–Trinajstić information content (AvgIpc) is 2.87. The Hall–Kier alpha value is -0.0800. The normalized spacial score (nSPS) is 19.6. The molecule has 0 aromatic carbocycles. The Morgan fingerprint density at radius 1 is 1.33 bits per heavy atom. The zero-order valence-corrected chi connectivity index (χ0v) is 10.9. The molecule has 15 heavy (non-hydrogen) atoms. The summed E-state index contributed by atoms with van der Waals surface area (Å²) in [5, 5.41) is 0. The lowest BCUT2D eigenvalue weighted by Crippen LogP contribution is -2.49. The number of rotatable bonds is 6. The molecule has 1 aliphatic carbocycles. The van der Waals surface area contributed by atoms with Crippen LogP contribution in [0.4, 0.5) is 0 Å². The summed E-state index contributed by atoms with van der Waals surface area (Å²) in [6, 6.07) is 0.540. The van der Waals surface area contributed by atoms with Gasteiger partial charge in [0.2, 0.25) is 0 Å². The van der Waals surface area contributed by atoms with E-state index in [9.17, 15) is 0 Å². The topological polar surface area (TPSA) is 29.3 Å². The summed E-state index contributed by atoms with van der Waals surface area (Å²) < 4.78 is 0. The minimum Gasteiger partial charge on any atom is -0.329 e. The predicted molar refractivity (Wildman–Crippen MR) is 66.9 cm³/mol. The number of hydrogen-bond acceptors (Lipinski definition) is 2. The van der Waals surface area contributed by atoms with Gasteiger partial charge in [0.25, 0.3) is 0 Å². The second-order valence-corrected chi connectivity index (χ2v) is 6.06. The largest absolute Gasteiger partial charge is 0.329 e. The fraction of sp³-hybridized carbons (Fsp3) is 1.00. The van der Waals surface area contributed by atoms with E-state index in [-0.39, 0.29) is 0 Å². The second kappa shape index (κ2) is 5.31. The van der Waals surface area contributed by atoms with Gasteiger partial charge in [0, 0.05) is 19.1 Å². The molecule has 0 spiro atoms. The molecule has 0 heterocycles. The Bertz CT molecular complexity index is 179. The quantitative estimate of drug-likeness (QED) is 0.733. The van der Waals surface area contributed by atoms with Gasteiger partial charge in [-0.05, 0) is 37.1 Å². The molecule has 1 fully saturated rings. The molecule has 1 aliphatic rings. The van der Waals surface area contributed by atoms with Crippen LogP contribution in [0.5, 0.6) is 0 Å². The molecule has 0 bridgehead atoms. The SMILES string of the molecule is CCCN(CC1CC1)C(CN)C(C)(C)C. The first-order valence-electron chi connectivity index (χ1n) is 6.43. The maximum atomic E-state index is 5.94. The molecule has 90 valence electrons. The van der Waals surface area contributed by atoms with Crippen molar-refractivity contribution in [3.05, 3.63) is 0 Å². The highest BCUT2D eigenvalue weighted by molar-refractivity contribution is 4.87. The summed E-state index contributed by atoms with van der Waals surface area (Å²) in [7, 11) is 0. The molecule has 2 N–H and O–H groups in total. The highest BCUT2D eigenvalue weighted by atomic mass is 15.2. The molecule has 1 rings (SSSR count). The average molecular weight is 212 g/mol. The first kappa shape index (κ1) is 13.0. The van der Waals surface area contributed by atoms with Crippen LogP contribution >= 0.6 is 0 Å². The van der Waals surface area contributed by atoms with Crippen LogP contribution in [-0.4, -0.2) is 30.6 Å². The van der Waals surface area contributed by atoms with Crippen molar-refractivity contribution in [3.63, 3.8) is 0 Å². The second-order valence-electron chi connectivity index (χ2n) is 6.06. The summed E-state index contributed by atoms with van der Waals surface area (Å²) in [5.41, 5.74) is 6.25. The van der Waals surface area contributed by atoms with E-state index < -0.39 is 0 Å². The predicted octanol–water partition coefficient (Wildman–Crippen LogP) is 2.48. The maximum absolute atomic E-state index is 5.94. The lowest BCUT2D eigenvalue weighted by atomic mass is 9.85. The van der Waals surface area contributed by atoms with Gasteiger partial charge in [-0.2, -0.15) is 0 Å². The molecule has 0 aromatic heterocycles. The van der Waals surface area contributed by atoms with Crippen molar-refractivity contribution in [2.75, 3.05) is 19.6 Å². The molecule has 1 atom stereocenters. The van der Waals surface area contributed by atoms with E-state index >= 15 is 0 Å². The third kappa shape index (κ3) is 4.12. The summed E-state index contributed by atoms with van der Waals surface area (Å²) >= 11 is 0. The van der Waals surface area contributed by atoms with Gasteiger partial charge in [-0.25, -0.2) is 0 Å². The molecule has 2 nitrogen and oxygen atoms in total. The van der Waals surface area contributed by atoms with E-state index in [1.54, 1.807) is 0 Å². The van der Waals surface area contributed by atoms with Gasteiger partial charge >= 0.3 is 0 Å². The Morgan fingerprint density at radius 3 is 2.27 bits per heavy atom. The van der Waals surface area contributed by atoms with Gasteiger partial charge in [-0.1, -0.05) is 27.7 Å². The zero-order chi connectivity index (χ0) is 11.5. The summed E-state index contributed by atoms with van der Waals surface area (Å²) in [4.78, 5) is 2.62. The van der Waals surface area contributed by atoms with Crippen molar-refractivity contribution in [3.8, 4) is 0 Å². The van der Waals surface area contributed by atoms with Gasteiger partial charge in [0.15, 0.2) is 0 Å². The molecule has 1 unspecified atom stereocenters. The van der Waals surface area contributed by atoms with Crippen molar-refractivity contribution in [2.24, 2.45) is 17.1 Å². The fourth-order valence-corrected chi connectivity index (χ4v) is 2.34. The summed E-state index contributed by atoms with van der Waals surface area (Å²) in [5.74, 6) is 0.966. The molecule has 1 saturated carbocycles. The zero-order valence-electron chi connectivity index (χ0n) is 10.9. The summed E-state index contributed by atoms with van der Waals surface area (Å²) in [6.45, 7) is 12.4. The lowest BCUT2D eigenvalue weighted by molar-refractivity contribution is 0.0997. The Kier molecular flexibility index (Phi) is 4.60. The Labute approximate surface area is 95.2 Å². The smallest absolute Gasteiger partial charge is 0.0266 e. The first-order chi connectivity index (χ1) is 6.99. The van der Waals surface area contributed by atoms with Gasteiger partial charge < -0.3 is 5.73 Å². The standard InChI is InChI=1S/C13H28N2/c1-5-8-15(10-11-6-7-11)12(9-14)13(2,3)4/h11-12H,5-10,14H2,1-4H3. The van der Waals surface area contributed by atoms with Crippen molar-refractivity contribution >= 4 is 0 Å². The van der Waals surface area contributed by atoms with E-state index in [2.05, 4.69) is 32.6 Å². The van der Waals surface area contributed by atoms with Crippen molar-refractivity contribution in [1.29, 1.82) is 0 Å². The third-order valence-electron chi connectivity index (χ3n) is 3.36. The Morgan fingerprint density at radius 2 is 1.93 bits per heavy atom. The van der Waals surface area contributed by atoms with Crippen molar-refractivity contribution < 1.29 is 0 Å². The highest BCUT2D eigenvalue weighted by Crippen LogP contribution is 2.32. The molecular weight excluding hydrogens is 184 g/mol. The van der Waals surface area contributed by atoms with Crippen LogP contribution in [0, 0.1) is 11.3 Å². The van der Waals surface area contributed by atoms with E-state index in [4.69, 9.17) is 5.73 Å². The van der Waals surface area contributed by atoms with Crippen LogP contribution in [0.3, 0.4) is 0 Å². The molecule has 0 radical (unpaired) electrons. The van der Waals surface area contributed by atoms with Crippen LogP contribution in [-0.2, 0) is 0 Å². The monoisotopic (exact) mass is 212 g/mol.